The first-order chi connectivity index (χ1) is 12.8. The van der Waals surface area contributed by atoms with Crippen LogP contribution in [0, 0.1) is 0 Å². The molecule has 1 aliphatic heterocycles. The summed E-state index contributed by atoms with van der Waals surface area (Å²) in [5.74, 6) is -1.27. The number of carbonyl (C=O) groups excluding carboxylic acids is 1. The van der Waals surface area contributed by atoms with Gasteiger partial charge in [-0.05, 0) is 50.2 Å². The van der Waals surface area contributed by atoms with Gasteiger partial charge in [0.15, 0.2) is 0 Å². The molecule has 0 radical (unpaired) electrons. The molecule has 2 aromatic carbocycles. The molecular weight excluding hydrogens is 387 g/mol. The van der Waals surface area contributed by atoms with Crippen LogP contribution in [0.15, 0.2) is 42.5 Å². The molecule has 1 N–H and O–H groups in total. The standard InChI is InChI=1S/C20H20Cl2N2O3/c1-12-13(2)24(9-8-23(12)16-5-3-4-15(21)11-16)19(25)14-6-7-17(20(26)27)18(22)10-14/h3-7,10-13H,8-9H2,1-2H3,(H,26,27)/t12-,13-/m0/s1. The molecule has 7 heteroatoms. The predicted molar refractivity (Wildman–Crippen MR) is 107 cm³/mol. The highest BCUT2D eigenvalue weighted by Crippen LogP contribution is 2.28. The van der Waals surface area contributed by atoms with Crippen molar-refractivity contribution in [2.75, 3.05) is 18.0 Å². The van der Waals surface area contributed by atoms with E-state index in [-0.39, 0.29) is 28.6 Å². The third-order valence-corrected chi connectivity index (χ3v) is 5.66. The second kappa shape index (κ2) is 7.79. The van der Waals surface area contributed by atoms with E-state index < -0.39 is 5.97 Å². The van der Waals surface area contributed by atoms with Gasteiger partial charge < -0.3 is 14.9 Å². The monoisotopic (exact) mass is 406 g/mol. The first-order valence-electron chi connectivity index (χ1n) is 8.65. The summed E-state index contributed by atoms with van der Waals surface area (Å²) in [6.45, 7) is 5.31. The number of hydrogen-bond acceptors (Lipinski definition) is 3. The number of aromatic carboxylic acids is 1. The van der Waals surface area contributed by atoms with Gasteiger partial charge in [-0.3, -0.25) is 4.79 Å². The molecule has 0 bridgehead atoms. The van der Waals surface area contributed by atoms with Crippen molar-refractivity contribution in [2.24, 2.45) is 0 Å². The molecule has 2 atom stereocenters. The maximum Gasteiger partial charge on any atom is 0.337 e. The number of carbonyl (C=O) groups is 2. The van der Waals surface area contributed by atoms with E-state index in [9.17, 15) is 9.59 Å². The smallest absolute Gasteiger partial charge is 0.337 e. The summed E-state index contributed by atoms with van der Waals surface area (Å²) < 4.78 is 0. The van der Waals surface area contributed by atoms with Crippen LogP contribution < -0.4 is 4.90 Å². The average Bonchev–Trinajstić information content (AvgIpc) is 2.63. The molecule has 0 unspecified atom stereocenters. The Morgan fingerprint density at radius 3 is 2.41 bits per heavy atom. The van der Waals surface area contributed by atoms with E-state index in [2.05, 4.69) is 11.8 Å². The van der Waals surface area contributed by atoms with Crippen molar-refractivity contribution in [1.82, 2.24) is 4.90 Å². The quantitative estimate of drug-likeness (QED) is 0.818. The number of anilines is 1. The number of hydrogen-bond donors (Lipinski definition) is 1. The number of carboxylic acids is 1. The molecule has 0 aliphatic carbocycles. The van der Waals surface area contributed by atoms with E-state index in [4.69, 9.17) is 28.3 Å². The van der Waals surface area contributed by atoms with Crippen molar-refractivity contribution >= 4 is 40.8 Å². The molecule has 0 aromatic heterocycles. The molecule has 27 heavy (non-hydrogen) atoms. The molecule has 3 rings (SSSR count). The Labute approximate surface area is 168 Å². The maximum absolute atomic E-state index is 13.0. The molecule has 142 valence electrons. The van der Waals surface area contributed by atoms with Crippen molar-refractivity contribution in [3.8, 4) is 0 Å². The highest BCUT2D eigenvalue weighted by molar-refractivity contribution is 6.33. The highest BCUT2D eigenvalue weighted by atomic mass is 35.5. The van der Waals surface area contributed by atoms with E-state index in [1.54, 1.807) is 4.90 Å². The third kappa shape index (κ3) is 3.89. The van der Waals surface area contributed by atoms with Crippen LogP contribution in [-0.4, -0.2) is 47.1 Å². The Kier molecular flexibility index (Phi) is 5.63. The van der Waals surface area contributed by atoms with E-state index >= 15 is 0 Å². The van der Waals surface area contributed by atoms with Crippen molar-refractivity contribution in [3.05, 3.63) is 63.6 Å². The zero-order valence-corrected chi connectivity index (χ0v) is 16.5. The fraction of sp³-hybridized carbons (Fsp3) is 0.300. The van der Waals surface area contributed by atoms with E-state index in [0.717, 1.165) is 5.69 Å². The first kappa shape index (κ1) is 19.5. The van der Waals surface area contributed by atoms with Crippen LogP contribution in [0.3, 0.4) is 0 Å². The minimum absolute atomic E-state index is 0.0135. The van der Waals surface area contributed by atoms with Crippen LogP contribution >= 0.6 is 23.2 Å². The lowest BCUT2D eigenvalue weighted by Crippen LogP contribution is -2.59. The number of carboxylic acid groups (broad SMARTS) is 1. The molecule has 1 fully saturated rings. The predicted octanol–water partition coefficient (Wildman–Crippen LogP) is 4.43. The lowest BCUT2D eigenvalue weighted by atomic mass is 10.0. The fourth-order valence-corrected chi connectivity index (χ4v) is 3.88. The Bertz CT molecular complexity index is 887. The van der Waals surface area contributed by atoms with Gasteiger partial charge in [0, 0.05) is 41.4 Å². The number of amides is 1. The van der Waals surface area contributed by atoms with E-state index in [1.807, 2.05) is 31.2 Å². The maximum atomic E-state index is 13.0. The van der Waals surface area contributed by atoms with Gasteiger partial charge in [0.2, 0.25) is 0 Å². The zero-order valence-electron chi connectivity index (χ0n) is 15.0. The summed E-state index contributed by atoms with van der Waals surface area (Å²) in [6.07, 6.45) is 0. The van der Waals surface area contributed by atoms with E-state index in [1.165, 1.54) is 18.2 Å². The summed E-state index contributed by atoms with van der Waals surface area (Å²) in [5.41, 5.74) is 1.41. The minimum Gasteiger partial charge on any atom is -0.478 e. The van der Waals surface area contributed by atoms with Gasteiger partial charge in [-0.25, -0.2) is 4.79 Å². The van der Waals surface area contributed by atoms with E-state index in [0.29, 0.717) is 23.7 Å². The van der Waals surface area contributed by atoms with Gasteiger partial charge in [0.1, 0.15) is 0 Å². The molecule has 0 saturated carbocycles. The number of halogens is 2. The lowest BCUT2D eigenvalue weighted by molar-refractivity contribution is 0.0631. The average molecular weight is 407 g/mol. The van der Waals surface area contributed by atoms with Gasteiger partial charge in [0.05, 0.1) is 10.6 Å². The summed E-state index contributed by atoms with van der Waals surface area (Å²) in [7, 11) is 0. The number of rotatable bonds is 3. The van der Waals surface area contributed by atoms with Crippen molar-refractivity contribution in [3.63, 3.8) is 0 Å². The number of piperazine rings is 1. The third-order valence-electron chi connectivity index (χ3n) is 5.11. The van der Waals surface area contributed by atoms with Crippen LogP contribution in [-0.2, 0) is 0 Å². The molecule has 0 spiro atoms. The van der Waals surface area contributed by atoms with Gasteiger partial charge in [0.25, 0.3) is 5.91 Å². The fourth-order valence-electron chi connectivity index (χ4n) is 3.44. The van der Waals surface area contributed by atoms with Crippen molar-refractivity contribution < 1.29 is 14.7 Å². The molecule has 2 aromatic rings. The number of benzene rings is 2. The largest absolute Gasteiger partial charge is 0.478 e. The normalized spacial score (nSPS) is 19.9. The van der Waals surface area contributed by atoms with Crippen LogP contribution in [0.2, 0.25) is 10.0 Å². The molecular formula is C20H20Cl2N2O3. The van der Waals surface area contributed by atoms with Gasteiger partial charge in [-0.15, -0.1) is 0 Å². The van der Waals surface area contributed by atoms with Crippen molar-refractivity contribution in [1.29, 1.82) is 0 Å². The first-order valence-corrected chi connectivity index (χ1v) is 9.41. The molecule has 5 nitrogen and oxygen atoms in total. The Hall–Kier alpha value is -2.24. The summed E-state index contributed by atoms with van der Waals surface area (Å²) in [6, 6.07) is 12.0. The Morgan fingerprint density at radius 1 is 1.04 bits per heavy atom. The minimum atomic E-state index is -1.11. The summed E-state index contributed by atoms with van der Waals surface area (Å²) >= 11 is 12.1. The molecule has 1 saturated heterocycles. The van der Waals surface area contributed by atoms with Crippen molar-refractivity contribution in [2.45, 2.75) is 25.9 Å². The van der Waals surface area contributed by atoms with Crippen LogP contribution in [0.25, 0.3) is 0 Å². The lowest BCUT2D eigenvalue weighted by Gasteiger charge is -2.46. The Balaban J connectivity index is 1.80. The second-order valence-corrected chi connectivity index (χ2v) is 7.50. The molecule has 1 heterocycles. The molecule has 1 amide bonds. The number of nitrogens with zero attached hydrogens (tertiary/aromatic N) is 2. The summed E-state index contributed by atoms with van der Waals surface area (Å²) in [5, 5.41) is 9.82. The zero-order chi connectivity index (χ0) is 19.7. The van der Waals surface area contributed by atoms with Gasteiger partial charge in [-0.2, -0.15) is 0 Å². The topological polar surface area (TPSA) is 60.9 Å². The van der Waals surface area contributed by atoms with Crippen LogP contribution in [0.4, 0.5) is 5.69 Å². The highest BCUT2D eigenvalue weighted by Gasteiger charge is 2.34. The van der Waals surface area contributed by atoms with Gasteiger partial charge >= 0.3 is 5.97 Å². The molecule has 1 aliphatic rings. The van der Waals surface area contributed by atoms with Crippen LogP contribution in [0.1, 0.15) is 34.6 Å². The second-order valence-electron chi connectivity index (χ2n) is 6.65. The SMILES string of the molecule is C[C@H]1[C@H](C)N(c2cccc(Cl)c2)CCN1C(=O)c1ccc(C(=O)O)c(Cl)c1. The summed E-state index contributed by atoms with van der Waals surface area (Å²) in [4.78, 5) is 28.1. The van der Waals surface area contributed by atoms with Gasteiger partial charge in [-0.1, -0.05) is 29.3 Å². The Morgan fingerprint density at radius 2 is 1.78 bits per heavy atom. The van der Waals surface area contributed by atoms with Crippen LogP contribution in [0.5, 0.6) is 0 Å².